The van der Waals surface area contributed by atoms with Crippen LogP contribution in [0.3, 0.4) is 0 Å². The summed E-state index contributed by atoms with van der Waals surface area (Å²) in [4.78, 5) is 19.8. The number of halogens is 1. The summed E-state index contributed by atoms with van der Waals surface area (Å²) in [5.41, 5.74) is 6.95. The van der Waals surface area contributed by atoms with Gasteiger partial charge in [0, 0.05) is 24.7 Å². The molecule has 0 aliphatic carbocycles. The minimum absolute atomic E-state index is 0. The van der Waals surface area contributed by atoms with Gasteiger partial charge >= 0.3 is 0 Å². The minimum atomic E-state index is 0. The molecule has 6 nitrogen and oxygen atoms in total. The average molecular weight is 396 g/mol. The molecular formula is C18H22ClN3O3S. The molecule has 2 aromatic rings. The number of nitrogens with two attached hydrogens (primary N) is 1. The van der Waals surface area contributed by atoms with Crippen molar-refractivity contribution in [1.82, 2.24) is 9.88 Å². The monoisotopic (exact) mass is 395 g/mol. The van der Waals surface area contributed by atoms with Gasteiger partial charge in [0.05, 0.1) is 6.20 Å². The number of hydrogen-bond acceptors (Lipinski definition) is 6. The quantitative estimate of drug-likeness (QED) is 0.863. The predicted octanol–water partition coefficient (Wildman–Crippen LogP) is 3.16. The lowest BCUT2D eigenvalue weighted by Crippen LogP contribution is -2.44. The SMILES string of the molecule is CC(N)C1CCCN(C(=O)c2cnc(-c3ccc4c(c3)OCO4)s2)C1.Cl. The molecule has 1 saturated heterocycles. The topological polar surface area (TPSA) is 77.7 Å². The Morgan fingerprint density at radius 2 is 2.19 bits per heavy atom. The van der Waals surface area contributed by atoms with Crippen molar-refractivity contribution in [1.29, 1.82) is 0 Å². The van der Waals surface area contributed by atoms with Gasteiger partial charge in [-0.2, -0.15) is 0 Å². The minimum Gasteiger partial charge on any atom is -0.454 e. The molecule has 26 heavy (non-hydrogen) atoms. The summed E-state index contributed by atoms with van der Waals surface area (Å²) in [5.74, 6) is 1.89. The van der Waals surface area contributed by atoms with Crippen LogP contribution in [-0.2, 0) is 0 Å². The Labute approximate surface area is 162 Å². The molecule has 1 amide bonds. The summed E-state index contributed by atoms with van der Waals surface area (Å²) in [5, 5.41) is 0.808. The first kappa shape index (κ1) is 18.9. The van der Waals surface area contributed by atoms with Crippen LogP contribution in [0, 0.1) is 5.92 Å². The van der Waals surface area contributed by atoms with Gasteiger partial charge in [0.15, 0.2) is 11.5 Å². The molecule has 1 aromatic heterocycles. The lowest BCUT2D eigenvalue weighted by atomic mass is 9.92. The highest BCUT2D eigenvalue weighted by Gasteiger charge is 2.27. The number of benzene rings is 1. The molecule has 2 unspecified atom stereocenters. The molecule has 2 atom stereocenters. The molecule has 0 bridgehead atoms. The molecule has 4 rings (SSSR count). The van der Waals surface area contributed by atoms with E-state index >= 15 is 0 Å². The van der Waals surface area contributed by atoms with Crippen LogP contribution in [0.4, 0.5) is 0 Å². The summed E-state index contributed by atoms with van der Waals surface area (Å²) < 4.78 is 10.7. The van der Waals surface area contributed by atoms with Gasteiger partial charge in [0.1, 0.15) is 9.88 Å². The smallest absolute Gasteiger partial charge is 0.265 e. The summed E-state index contributed by atoms with van der Waals surface area (Å²) in [6.45, 7) is 3.78. The number of hydrogen-bond donors (Lipinski definition) is 1. The Bertz CT molecular complexity index is 796. The standard InChI is InChI=1S/C18H21N3O3S.ClH/c1-11(19)13-3-2-6-21(9-13)18(22)16-8-20-17(25-16)12-4-5-14-15(7-12)24-10-23-14;/h4-5,7-8,11,13H,2-3,6,9-10,19H2,1H3;1H. The van der Waals surface area contributed by atoms with Gasteiger partial charge in [-0.05, 0) is 43.9 Å². The van der Waals surface area contributed by atoms with Crippen LogP contribution < -0.4 is 15.2 Å². The van der Waals surface area contributed by atoms with Crippen LogP contribution in [0.5, 0.6) is 11.5 Å². The summed E-state index contributed by atoms with van der Waals surface area (Å²) in [6, 6.07) is 5.83. The van der Waals surface area contributed by atoms with E-state index in [1.54, 1.807) is 6.20 Å². The molecule has 0 saturated carbocycles. The van der Waals surface area contributed by atoms with Crippen LogP contribution >= 0.6 is 23.7 Å². The van der Waals surface area contributed by atoms with Crippen LogP contribution in [0.1, 0.15) is 29.4 Å². The highest BCUT2D eigenvalue weighted by molar-refractivity contribution is 7.16. The molecule has 3 heterocycles. The van der Waals surface area contributed by atoms with E-state index in [-0.39, 0.29) is 31.1 Å². The van der Waals surface area contributed by atoms with E-state index < -0.39 is 0 Å². The molecule has 0 radical (unpaired) electrons. The summed E-state index contributed by atoms with van der Waals surface area (Å²) in [6.07, 6.45) is 3.76. The first-order valence-electron chi connectivity index (χ1n) is 8.52. The van der Waals surface area contributed by atoms with Crippen molar-refractivity contribution in [2.24, 2.45) is 11.7 Å². The lowest BCUT2D eigenvalue weighted by molar-refractivity contribution is 0.0665. The molecule has 140 valence electrons. The number of thiazole rings is 1. The van der Waals surface area contributed by atoms with E-state index in [2.05, 4.69) is 4.98 Å². The second-order valence-electron chi connectivity index (χ2n) is 6.61. The first-order chi connectivity index (χ1) is 12.1. The number of piperidine rings is 1. The van der Waals surface area contributed by atoms with E-state index in [9.17, 15) is 4.79 Å². The number of ether oxygens (including phenoxy) is 2. The second kappa shape index (κ2) is 7.82. The van der Waals surface area contributed by atoms with Gasteiger partial charge in [0.25, 0.3) is 5.91 Å². The number of fused-ring (bicyclic) bond motifs is 1. The van der Waals surface area contributed by atoms with Gasteiger partial charge in [-0.25, -0.2) is 4.98 Å². The van der Waals surface area contributed by atoms with Gasteiger partial charge in [-0.1, -0.05) is 0 Å². The maximum atomic E-state index is 12.8. The fraction of sp³-hybridized carbons (Fsp3) is 0.444. The number of aromatic nitrogens is 1. The largest absolute Gasteiger partial charge is 0.454 e. The van der Waals surface area contributed by atoms with Gasteiger partial charge in [0.2, 0.25) is 6.79 Å². The van der Waals surface area contributed by atoms with Crippen LogP contribution in [0.25, 0.3) is 10.6 Å². The Morgan fingerprint density at radius 1 is 1.38 bits per heavy atom. The fourth-order valence-corrected chi connectivity index (χ4v) is 4.20. The van der Waals surface area contributed by atoms with Crippen LogP contribution in [-0.4, -0.2) is 41.7 Å². The number of nitrogens with zero attached hydrogens (tertiary/aromatic N) is 2. The van der Waals surface area contributed by atoms with E-state index in [1.165, 1.54) is 11.3 Å². The van der Waals surface area contributed by atoms with Crippen LogP contribution in [0.15, 0.2) is 24.4 Å². The highest BCUT2D eigenvalue weighted by Crippen LogP contribution is 2.37. The number of amides is 1. The maximum Gasteiger partial charge on any atom is 0.265 e. The fourth-order valence-electron chi connectivity index (χ4n) is 3.32. The molecule has 2 aliphatic rings. The Morgan fingerprint density at radius 3 is 3.00 bits per heavy atom. The third-order valence-electron chi connectivity index (χ3n) is 4.82. The zero-order valence-corrected chi connectivity index (χ0v) is 16.1. The van der Waals surface area contributed by atoms with E-state index in [1.807, 2.05) is 30.0 Å². The zero-order valence-electron chi connectivity index (χ0n) is 14.5. The van der Waals surface area contributed by atoms with E-state index in [0.717, 1.165) is 48.0 Å². The Kier molecular flexibility index (Phi) is 5.70. The molecule has 1 aromatic carbocycles. The summed E-state index contributed by atoms with van der Waals surface area (Å²) >= 11 is 1.41. The molecule has 0 spiro atoms. The van der Waals surface area contributed by atoms with Crippen molar-refractivity contribution in [3.8, 4) is 22.1 Å². The van der Waals surface area contributed by atoms with Crippen molar-refractivity contribution >= 4 is 29.7 Å². The van der Waals surface area contributed by atoms with E-state index in [4.69, 9.17) is 15.2 Å². The zero-order chi connectivity index (χ0) is 17.4. The van der Waals surface area contributed by atoms with Crippen molar-refractivity contribution < 1.29 is 14.3 Å². The summed E-state index contributed by atoms with van der Waals surface area (Å²) in [7, 11) is 0. The second-order valence-corrected chi connectivity index (χ2v) is 7.64. The average Bonchev–Trinajstić information content (AvgIpc) is 3.29. The van der Waals surface area contributed by atoms with Crippen molar-refractivity contribution in [2.75, 3.05) is 19.9 Å². The normalized spacial score (nSPS) is 19.8. The third-order valence-corrected chi connectivity index (χ3v) is 5.86. The number of rotatable bonds is 3. The molecule has 1 fully saturated rings. The highest BCUT2D eigenvalue weighted by atomic mass is 35.5. The van der Waals surface area contributed by atoms with Crippen molar-refractivity contribution in [3.05, 3.63) is 29.3 Å². The van der Waals surface area contributed by atoms with Crippen molar-refractivity contribution in [3.63, 3.8) is 0 Å². The predicted molar refractivity (Wildman–Crippen MR) is 103 cm³/mol. The molecule has 2 aliphatic heterocycles. The third kappa shape index (κ3) is 3.65. The first-order valence-corrected chi connectivity index (χ1v) is 9.34. The van der Waals surface area contributed by atoms with Gasteiger partial charge < -0.3 is 20.1 Å². The molecule has 8 heteroatoms. The number of carbonyl (C=O) groups excluding carboxylic acids is 1. The van der Waals surface area contributed by atoms with E-state index in [0.29, 0.717) is 10.8 Å². The Balaban J connectivity index is 0.00000196. The number of likely N-dealkylation sites (tertiary alicyclic amines) is 1. The maximum absolute atomic E-state index is 12.8. The number of carbonyl (C=O) groups is 1. The lowest BCUT2D eigenvalue weighted by Gasteiger charge is -2.34. The van der Waals surface area contributed by atoms with Crippen molar-refractivity contribution in [2.45, 2.75) is 25.8 Å². The molecular weight excluding hydrogens is 374 g/mol. The molecule has 2 N–H and O–H groups in total. The van der Waals surface area contributed by atoms with Gasteiger partial charge in [-0.3, -0.25) is 4.79 Å². The Hall–Kier alpha value is -1.83. The van der Waals surface area contributed by atoms with Crippen LogP contribution in [0.2, 0.25) is 0 Å². The van der Waals surface area contributed by atoms with Gasteiger partial charge in [-0.15, -0.1) is 23.7 Å².